The zero-order valence-corrected chi connectivity index (χ0v) is 12.5. The third-order valence-electron chi connectivity index (χ3n) is 3.27. The van der Waals surface area contributed by atoms with Crippen LogP contribution in [0.3, 0.4) is 0 Å². The van der Waals surface area contributed by atoms with Crippen molar-refractivity contribution < 1.29 is 0 Å². The monoisotopic (exact) mass is 283 g/mol. The smallest absolute Gasteiger partial charge is 0.129 e. The Morgan fingerprint density at radius 2 is 2.10 bits per heavy atom. The molecule has 2 heterocycles. The van der Waals surface area contributed by atoms with Crippen LogP contribution in [-0.2, 0) is 13.0 Å². The van der Waals surface area contributed by atoms with Crippen molar-refractivity contribution in [3.63, 3.8) is 0 Å². The van der Waals surface area contributed by atoms with Crippen molar-refractivity contribution in [3.05, 3.63) is 52.0 Å². The average Bonchev–Trinajstić information content (AvgIpc) is 2.93. The first-order valence-corrected chi connectivity index (χ1v) is 7.61. The Bertz CT molecular complexity index is 733. The van der Waals surface area contributed by atoms with Crippen LogP contribution in [-0.4, -0.2) is 9.97 Å². The molecule has 0 spiro atoms. The van der Waals surface area contributed by atoms with E-state index >= 15 is 0 Å². The molecule has 0 fully saturated rings. The van der Waals surface area contributed by atoms with Crippen molar-refractivity contribution >= 4 is 28.1 Å². The number of thiazole rings is 1. The number of benzene rings is 1. The van der Waals surface area contributed by atoms with Gasteiger partial charge in [-0.1, -0.05) is 25.1 Å². The number of aromatic nitrogens is 2. The normalized spacial score (nSPS) is 10.9. The number of pyridine rings is 1. The second-order valence-electron chi connectivity index (χ2n) is 4.77. The molecule has 0 saturated carbocycles. The second-order valence-corrected chi connectivity index (χ2v) is 5.97. The molecule has 1 aromatic carbocycles. The fourth-order valence-corrected chi connectivity index (χ4v) is 2.96. The number of para-hydroxylation sites is 1. The minimum absolute atomic E-state index is 0.733. The van der Waals surface area contributed by atoms with E-state index in [1.165, 1.54) is 10.3 Å². The standard InChI is InChI=1S/C16H17N3S/c1-3-13-9-17-15(20-13)10-18-16-11(2)8-12-6-4-5-7-14(12)19-16/h4-9H,3,10H2,1-2H3,(H,18,19). The number of nitrogens with one attached hydrogen (secondary N) is 1. The van der Waals surface area contributed by atoms with E-state index in [0.29, 0.717) is 0 Å². The molecule has 20 heavy (non-hydrogen) atoms. The maximum Gasteiger partial charge on any atom is 0.129 e. The van der Waals surface area contributed by atoms with Crippen LogP contribution in [0.25, 0.3) is 10.9 Å². The molecule has 0 saturated heterocycles. The molecule has 102 valence electrons. The molecule has 3 nitrogen and oxygen atoms in total. The number of anilines is 1. The van der Waals surface area contributed by atoms with Crippen LogP contribution in [0.5, 0.6) is 0 Å². The van der Waals surface area contributed by atoms with Gasteiger partial charge in [-0.3, -0.25) is 0 Å². The van der Waals surface area contributed by atoms with Gasteiger partial charge in [-0.25, -0.2) is 9.97 Å². The van der Waals surface area contributed by atoms with Gasteiger partial charge in [0.1, 0.15) is 10.8 Å². The third kappa shape index (κ3) is 2.65. The van der Waals surface area contributed by atoms with Gasteiger partial charge in [0, 0.05) is 16.5 Å². The van der Waals surface area contributed by atoms with Crippen molar-refractivity contribution in [2.45, 2.75) is 26.8 Å². The molecule has 0 amide bonds. The summed E-state index contributed by atoms with van der Waals surface area (Å²) >= 11 is 1.76. The fourth-order valence-electron chi connectivity index (χ4n) is 2.15. The van der Waals surface area contributed by atoms with E-state index in [4.69, 9.17) is 0 Å². The number of rotatable bonds is 4. The van der Waals surface area contributed by atoms with Crippen molar-refractivity contribution in [2.75, 3.05) is 5.32 Å². The lowest BCUT2D eigenvalue weighted by Crippen LogP contribution is -2.03. The second kappa shape index (κ2) is 5.59. The third-order valence-corrected chi connectivity index (χ3v) is 4.41. The van der Waals surface area contributed by atoms with Gasteiger partial charge in [-0.15, -0.1) is 11.3 Å². The van der Waals surface area contributed by atoms with Gasteiger partial charge in [0.05, 0.1) is 12.1 Å². The molecule has 3 aromatic rings. The fraction of sp³-hybridized carbons (Fsp3) is 0.250. The summed E-state index contributed by atoms with van der Waals surface area (Å²) in [4.78, 5) is 10.4. The Labute approximate surface area is 122 Å². The minimum atomic E-state index is 0.733. The first-order valence-electron chi connectivity index (χ1n) is 6.80. The minimum Gasteiger partial charge on any atom is -0.363 e. The van der Waals surface area contributed by atoms with Gasteiger partial charge >= 0.3 is 0 Å². The highest BCUT2D eigenvalue weighted by atomic mass is 32.1. The van der Waals surface area contributed by atoms with Crippen LogP contribution >= 0.6 is 11.3 Å². The lowest BCUT2D eigenvalue weighted by atomic mass is 10.1. The van der Waals surface area contributed by atoms with Crippen molar-refractivity contribution in [3.8, 4) is 0 Å². The summed E-state index contributed by atoms with van der Waals surface area (Å²) in [6.07, 6.45) is 3.01. The van der Waals surface area contributed by atoms with Crippen LogP contribution in [0, 0.1) is 6.92 Å². The summed E-state index contributed by atoms with van der Waals surface area (Å²) in [7, 11) is 0. The number of hydrogen-bond donors (Lipinski definition) is 1. The van der Waals surface area contributed by atoms with Gasteiger partial charge < -0.3 is 5.32 Å². The van der Waals surface area contributed by atoms with Gasteiger partial charge in [0.2, 0.25) is 0 Å². The number of nitrogens with zero attached hydrogens (tertiary/aromatic N) is 2. The molecule has 0 aliphatic carbocycles. The highest BCUT2D eigenvalue weighted by Crippen LogP contribution is 2.21. The SMILES string of the molecule is CCc1cnc(CNc2nc3ccccc3cc2C)s1. The van der Waals surface area contributed by atoms with Gasteiger partial charge in [-0.05, 0) is 31.0 Å². The molecule has 2 aromatic heterocycles. The van der Waals surface area contributed by atoms with Crippen LogP contribution in [0.15, 0.2) is 36.5 Å². The van der Waals surface area contributed by atoms with E-state index in [2.05, 4.69) is 41.3 Å². The Morgan fingerprint density at radius 3 is 2.90 bits per heavy atom. The highest BCUT2D eigenvalue weighted by molar-refractivity contribution is 7.11. The summed E-state index contributed by atoms with van der Waals surface area (Å²) in [5.74, 6) is 0.942. The van der Waals surface area contributed by atoms with Crippen LogP contribution < -0.4 is 5.32 Å². The topological polar surface area (TPSA) is 37.8 Å². The van der Waals surface area contributed by atoms with E-state index < -0.39 is 0 Å². The average molecular weight is 283 g/mol. The lowest BCUT2D eigenvalue weighted by molar-refractivity contribution is 1.07. The zero-order valence-electron chi connectivity index (χ0n) is 11.7. The van der Waals surface area contributed by atoms with Crippen molar-refractivity contribution in [1.29, 1.82) is 0 Å². The Morgan fingerprint density at radius 1 is 1.25 bits per heavy atom. The molecule has 3 rings (SSSR count). The molecule has 0 bridgehead atoms. The quantitative estimate of drug-likeness (QED) is 0.780. The highest BCUT2D eigenvalue weighted by Gasteiger charge is 2.05. The summed E-state index contributed by atoms with van der Waals surface area (Å²) in [6.45, 7) is 4.97. The summed E-state index contributed by atoms with van der Waals surface area (Å²) in [5, 5.41) is 5.68. The number of hydrogen-bond acceptors (Lipinski definition) is 4. The molecule has 4 heteroatoms. The van der Waals surface area contributed by atoms with E-state index in [9.17, 15) is 0 Å². The van der Waals surface area contributed by atoms with Crippen LogP contribution in [0.4, 0.5) is 5.82 Å². The largest absolute Gasteiger partial charge is 0.363 e. The van der Waals surface area contributed by atoms with E-state index in [-0.39, 0.29) is 0 Å². The van der Waals surface area contributed by atoms with Crippen molar-refractivity contribution in [2.24, 2.45) is 0 Å². The molecule has 0 aliphatic heterocycles. The van der Waals surface area contributed by atoms with Gasteiger partial charge in [0.15, 0.2) is 0 Å². The summed E-state index contributed by atoms with van der Waals surface area (Å²) < 4.78 is 0. The molecule has 0 unspecified atom stereocenters. The Balaban J connectivity index is 1.81. The predicted octanol–water partition coefficient (Wildman–Crippen LogP) is 4.17. The zero-order chi connectivity index (χ0) is 13.9. The summed E-state index contributed by atoms with van der Waals surface area (Å²) in [5.41, 5.74) is 2.19. The van der Waals surface area contributed by atoms with E-state index in [1.807, 2.05) is 24.4 Å². The Kier molecular flexibility index (Phi) is 3.65. The number of aryl methyl sites for hydroxylation is 2. The first kappa shape index (κ1) is 13.1. The van der Waals surface area contributed by atoms with Crippen LogP contribution in [0.2, 0.25) is 0 Å². The molecule has 1 N–H and O–H groups in total. The lowest BCUT2D eigenvalue weighted by Gasteiger charge is -2.08. The van der Waals surface area contributed by atoms with E-state index in [0.717, 1.165) is 34.9 Å². The van der Waals surface area contributed by atoms with Crippen LogP contribution in [0.1, 0.15) is 22.4 Å². The molecule has 0 radical (unpaired) electrons. The van der Waals surface area contributed by atoms with Gasteiger partial charge in [0.25, 0.3) is 0 Å². The maximum absolute atomic E-state index is 4.68. The number of fused-ring (bicyclic) bond motifs is 1. The Hall–Kier alpha value is -1.94. The molecule has 0 aliphatic rings. The van der Waals surface area contributed by atoms with E-state index in [1.54, 1.807) is 11.3 Å². The van der Waals surface area contributed by atoms with Gasteiger partial charge in [-0.2, -0.15) is 0 Å². The first-order chi connectivity index (χ1) is 9.76. The maximum atomic E-state index is 4.68. The molecular weight excluding hydrogens is 266 g/mol. The van der Waals surface area contributed by atoms with Crippen molar-refractivity contribution in [1.82, 2.24) is 9.97 Å². The predicted molar refractivity (Wildman–Crippen MR) is 85.3 cm³/mol. The summed E-state index contributed by atoms with van der Waals surface area (Å²) in [6, 6.07) is 10.4. The molecular formula is C16H17N3S. The molecule has 0 atom stereocenters.